The molecule has 2 saturated heterocycles. The summed E-state index contributed by atoms with van der Waals surface area (Å²) in [6.45, 7) is 4.34. The summed E-state index contributed by atoms with van der Waals surface area (Å²) in [5, 5.41) is 6.27. The zero-order valence-corrected chi connectivity index (χ0v) is 23.3. The van der Waals surface area contributed by atoms with E-state index in [1.54, 1.807) is 12.0 Å². The van der Waals surface area contributed by atoms with Crippen LogP contribution in [0.3, 0.4) is 0 Å². The van der Waals surface area contributed by atoms with Crippen molar-refractivity contribution in [2.24, 2.45) is 17.8 Å². The predicted octanol–water partition coefficient (Wildman–Crippen LogP) is 3.99. The van der Waals surface area contributed by atoms with Crippen LogP contribution in [-0.4, -0.2) is 53.5 Å². The Morgan fingerprint density at radius 1 is 1.10 bits per heavy atom. The molecular formula is C32H37N3O5. The van der Waals surface area contributed by atoms with Crippen molar-refractivity contribution in [3.05, 3.63) is 71.8 Å². The van der Waals surface area contributed by atoms with Crippen molar-refractivity contribution < 1.29 is 23.9 Å². The van der Waals surface area contributed by atoms with Gasteiger partial charge in [0.1, 0.15) is 17.4 Å². The predicted molar refractivity (Wildman–Crippen MR) is 150 cm³/mol. The highest BCUT2D eigenvalue weighted by molar-refractivity contribution is 6.02. The zero-order chi connectivity index (χ0) is 28.0. The lowest BCUT2D eigenvalue weighted by molar-refractivity contribution is -0.142. The Hall–Kier alpha value is -3.65. The van der Waals surface area contributed by atoms with Crippen LogP contribution in [0.4, 0.5) is 5.69 Å². The smallest absolute Gasteiger partial charge is 0.246 e. The number of methoxy groups -OCH3 is 1. The minimum Gasteiger partial charge on any atom is -0.497 e. The number of carbonyl (C=O) groups is 3. The van der Waals surface area contributed by atoms with Crippen LogP contribution in [0, 0.1) is 24.7 Å². The van der Waals surface area contributed by atoms with Crippen molar-refractivity contribution in [3.8, 4) is 5.75 Å². The van der Waals surface area contributed by atoms with E-state index < -0.39 is 29.6 Å². The van der Waals surface area contributed by atoms with Gasteiger partial charge in [-0.3, -0.25) is 14.4 Å². The molecule has 3 fully saturated rings. The third-order valence-electron chi connectivity index (χ3n) is 9.14. The van der Waals surface area contributed by atoms with Crippen molar-refractivity contribution in [2.45, 2.75) is 69.9 Å². The number of hydrogen-bond donors (Lipinski definition) is 2. The summed E-state index contributed by atoms with van der Waals surface area (Å²) in [4.78, 5) is 43.6. The Balaban J connectivity index is 1.34. The molecule has 2 N–H and O–H groups in total. The average Bonchev–Trinajstić information content (AvgIpc) is 3.57. The molecule has 0 radical (unpaired) electrons. The molecule has 8 heteroatoms. The lowest BCUT2D eigenvalue weighted by Gasteiger charge is -2.36. The molecule has 3 amide bonds. The Kier molecular flexibility index (Phi) is 6.90. The van der Waals surface area contributed by atoms with Gasteiger partial charge in [0, 0.05) is 18.3 Å². The van der Waals surface area contributed by atoms with Gasteiger partial charge in [-0.15, -0.1) is 0 Å². The standard InChI is InChI=1S/C32H37N3O5/c1-19-8-6-11-22(16-19)33-29(36)26-25-14-15-32(40-25)27(26)31(38)35(18-21-10-7-12-23(17-21)39-3)28(32)30(37)34-24-13-5-4-9-20(24)2/h6-8,10-12,14-17,20,24-28H,4-5,9,13,18H2,1-3H3,(H,33,36)(H,34,37)/t20-,24+,25+,26+,27+,28-,32-/m0/s1. The van der Waals surface area contributed by atoms with Crippen molar-refractivity contribution in [2.75, 3.05) is 12.4 Å². The number of ether oxygens (including phenoxy) is 2. The third-order valence-corrected chi connectivity index (χ3v) is 9.14. The SMILES string of the molecule is COc1cccc(CN2C(=O)[C@H]3[C@H](C(=O)Nc4cccc(C)c4)[C@H]4C=C[C@@]3(O4)[C@@H]2C(=O)N[C@@H]2CCCC[C@@H]2C)c1. The average molecular weight is 544 g/mol. The Morgan fingerprint density at radius 2 is 1.90 bits per heavy atom. The third kappa shape index (κ3) is 4.48. The topological polar surface area (TPSA) is 97.0 Å². The number of benzene rings is 2. The first kappa shape index (κ1) is 26.6. The summed E-state index contributed by atoms with van der Waals surface area (Å²) < 4.78 is 11.9. The normalized spacial score (nSPS) is 32.2. The first-order valence-corrected chi connectivity index (χ1v) is 14.3. The van der Waals surface area contributed by atoms with Gasteiger partial charge in [0.05, 0.1) is 25.0 Å². The van der Waals surface area contributed by atoms with Gasteiger partial charge in [0.25, 0.3) is 0 Å². The van der Waals surface area contributed by atoms with E-state index in [0.29, 0.717) is 17.4 Å². The van der Waals surface area contributed by atoms with Crippen LogP contribution < -0.4 is 15.4 Å². The number of anilines is 1. The van der Waals surface area contributed by atoms with Gasteiger partial charge in [-0.2, -0.15) is 0 Å². The Morgan fingerprint density at radius 3 is 2.67 bits per heavy atom. The lowest BCUT2D eigenvalue weighted by Crippen LogP contribution is -2.57. The van der Waals surface area contributed by atoms with E-state index in [0.717, 1.165) is 36.8 Å². The van der Waals surface area contributed by atoms with Crippen molar-refractivity contribution in [3.63, 3.8) is 0 Å². The minimum atomic E-state index is -1.20. The van der Waals surface area contributed by atoms with E-state index in [1.165, 1.54) is 0 Å². The highest BCUT2D eigenvalue weighted by Crippen LogP contribution is 2.55. The zero-order valence-electron chi connectivity index (χ0n) is 23.3. The highest BCUT2D eigenvalue weighted by Gasteiger charge is 2.72. The Bertz CT molecular complexity index is 1360. The fourth-order valence-corrected chi connectivity index (χ4v) is 7.15. The molecule has 2 aromatic rings. The molecule has 4 aliphatic rings. The number of carbonyl (C=O) groups excluding carboxylic acids is 3. The summed E-state index contributed by atoms with van der Waals surface area (Å²) in [5.41, 5.74) is 1.34. The van der Waals surface area contributed by atoms with E-state index in [9.17, 15) is 14.4 Å². The van der Waals surface area contributed by atoms with Crippen LogP contribution in [0.5, 0.6) is 5.75 Å². The summed E-state index contributed by atoms with van der Waals surface area (Å²) >= 11 is 0. The maximum Gasteiger partial charge on any atom is 0.246 e. The molecule has 0 aromatic heterocycles. The summed E-state index contributed by atoms with van der Waals surface area (Å²) in [6, 6.07) is 14.2. The Labute approximate surface area is 235 Å². The molecule has 3 aliphatic heterocycles. The maximum absolute atomic E-state index is 14.2. The number of nitrogens with zero attached hydrogens (tertiary/aromatic N) is 1. The summed E-state index contributed by atoms with van der Waals surface area (Å²) in [6.07, 6.45) is 7.35. The van der Waals surface area contributed by atoms with Gasteiger partial charge in [0.2, 0.25) is 17.7 Å². The number of likely N-dealkylation sites (tertiary alicyclic amines) is 1. The monoisotopic (exact) mass is 543 g/mol. The van der Waals surface area contributed by atoms with Crippen LogP contribution in [0.15, 0.2) is 60.7 Å². The molecule has 1 saturated carbocycles. The second kappa shape index (κ2) is 10.4. The molecule has 40 heavy (non-hydrogen) atoms. The van der Waals surface area contributed by atoms with Crippen LogP contribution in [0.25, 0.3) is 0 Å². The number of rotatable bonds is 7. The van der Waals surface area contributed by atoms with Crippen LogP contribution in [-0.2, 0) is 25.7 Å². The maximum atomic E-state index is 14.2. The van der Waals surface area contributed by atoms with Crippen LogP contribution in [0.1, 0.15) is 43.7 Å². The molecule has 1 spiro atoms. The van der Waals surface area contributed by atoms with E-state index >= 15 is 0 Å². The molecule has 2 aromatic carbocycles. The molecular weight excluding hydrogens is 506 g/mol. The van der Waals surface area contributed by atoms with Crippen molar-refractivity contribution in [1.82, 2.24) is 10.2 Å². The number of amides is 3. The molecule has 3 heterocycles. The first-order chi connectivity index (χ1) is 19.3. The minimum absolute atomic E-state index is 0.0495. The molecule has 1 aliphatic carbocycles. The fraction of sp³-hybridized carbons (Fsp3) is 0.469. The number of fused-ring (bicyclic) bond motifs is 1. The molecule has 6 rings (SSSR count). The van der Waals surface area contributed by atoms with E-state index in [4.69, 9.17) is 9.47 Å². The van der Waals surface area contributed by atoms with Gasteiger partial charge in [-0.05, 0) is 61.1 Å². The fourth-order valence-electron chi connectivity index (χ4n) is 7.15. The molecule has 7 atom stereocenters. The van der Waals surface area contributed by atoms with Gasteiger partial charge in [-0.1, -0.05) is 56.2 Å². The van der Waals surface area contributed by atoms with E-state index in [-0.39, 0.29) is 30.3 Å². The first-order valence-electron chi connectivity index (χ1n) is 14.3. The van der Waals surface area contributed by atoms with E-state index in [1.807, 2.05) is 67.6 Å². The lowest BCUT2D eigenvalue weighted by atomic mass is 9.74. The second-order valence-corrected chi connectivity index (χ2v) is 11.8. The highest BCUT2D eigenvalue weighted by atomic mass is 16.5. The molecule has 2 bridgehead atoms. The van der Waals surface area contributed by atoms with Gasteiger partial charge < -0.3 is 25.0 Å². The number of aryl methyl sites for hydroxylation is 1. The second-order valence-electron chi connectivity index (χ2n) is 11.8. The molecule has 210 valence electrons. The number of hydrogen-bond acceptors (Lipinski definition) is 5. The molecule has 0 unspecified atom stereocenters. The van der Waals surface area contributed by atoms with Gasteiger partial charge in [0.15, 0.2) is 0 Å². The van der Waals surface area contributed by atoms with Crippen LogP contribution >= 0.6 is 0 Å². The number of nitrogens with one attached hydrogen (secondary N) is 2. The molecule has 8 nitrogen and oxygen atoms in total. The van der Waals surface area contributed by atoms with E-state index in [2.05, 4.69) is 17.6 Å². The quantitative estimate of drug-likeness (QED) is 0.515. The summed E-state index contributed by atoms with van der Waals surface area (Å²) in [7, 11) is 1.60. The van der Waals surface area contributed by atoms with Crippen molar-refractivity contribution in [1.29, 1.82) is 0 Å². The summed E-state index contributed by atoms with van der Waals surface area (Å²) in [5.74, 6) is -1.23. The van der Waals surface area contributed by atoms with Gasteiger partial charge in [-0.25, -0.2) is 0 Å². The van der Waals surface area contributed by atoms with Crippen molar-refractivity contribution >= 4 is 23.4 Å². The van der Waals surface area contributed by atoms with Gasteiger partial charge >= 0.3 is 0 Å². The van der Waals surface area contributed by atoms with Crippen LogP contribution in [0.2, 0.25) is 0 Å². The largest absolute Gasteiger partial charge is 0.497 e.